The van der Waals surface area contributed by atoms with Crippen molar-refractivity contribution in [2.75, 3.05) is 26.1 Å². The third-order valence-electron chi connectivity index (χ3n) is 3.72. The fourth-order valence-corrected chi connectivity index (χ4v) is 3.56. The van der Waals surface area contributed by atoms with Crippen molar-refractivity contribution in [3.63, 3.8) is 0 Å². The molecule has 5 nitrogen and oxygen atoms in total. The first-order valence-corrected chi connectivity index (χ1v) is 9.66. The lowest BCUT2D eigenvalue weighted by molar-refractivity contribution is 0.164. The van der Waals surface area contributed by atoms with Gasteiger partial charge >= 0.3 is 0 Å². The summed E-state index contributed by atoms with van der Waals surface area (Å²) in [5.74, 6) is 2.20. The Morgan fingerprint density at radius 2 is 1.92 bits per heavy atom. The number of methoxy groups -OCH3 is 1. The lowest BCUT2D eigenvalue weighted by Gasteiger charge is -2.12. The summed E-state index contributed by atoms with van der Waals surface area (Å²) in [6, 6.07) is 15.6. The van der Waals surface area contributed by atoms with E-state index in [2.05, 4.69) is 10.2 Å². The second-order valence-corrected chi connectivity index (χ2v) is 6.84. The summed E-state index contributed by atoms with van der Waals surface area (Å²) in [4.78, 5) is 0. The maximum Gasteiger partial charge on any atom is 0.196 e. The van der Waals surface area contributed by atoms with Crippen LogP contribution < -0.4 is 4.74 Å². The van der Waals surface area contributed by atoms with Crippen molar-refractivity contribution in [3.8, 4) is 22.8 Å². The number of aromatic nitrogens is 3. The van der Waals surface area contributed by atoms with Crippen LogP contribution >= 0.6 is 23.4 Å². The van der Waals surface area contributed by atoms with E-state index in [0.717, 1.165) is 28.0 Å². The minimum atomic E-state index is 0.544. The molecule has 3 aromatic rings. The average Bonchev–Trinajstić information content (AvgIpc) is 3.10. The summed E-state index contributed by atoms with van der Waals surface area (Å²) in [6.07, 6.45) is 0. The number of halogens is 1. The number of nitrogens with zero attached hydrogens (tertiary/aromatic N) is 3. The van der Waals surface area contributed by atoms with E-state index in [1.807, 2.05) is 60.0 Å². The predicted molar refractivity (Wildman–Crippen MR) is 106 cm³/mol. The van der Waals surface area contributed by atoms with Crippen LogP contribution in [0.5, 0.6) is 5.75 Å². The molecule has 0 aliphatic rings. The Kier molecular flexibility index (Phi) is 6.55. The van der Waals surface area contributed by atoms with E-state index in [1.54, 1.807) is 18.9 Å². The summed E-state index contributed by atoms with van der Waals surface area (Å²) >= 11 is 7.94. The highest BCUT2D eigenvalue weighted by atomic mass is 35.5. The predicted octanol–water partition coefficient (Wildman–Crippen LogP) is 4.72. The van der Waals surface area contributed by atoms with Gasteiger partial charge in [-0.2, -0.15) is 0 Å². The Bertz CT molecular complexity index is 855. The first-order chi connectivity index (χ1) is 12.7. The molecule has 0 saturated heterocycles. The van der Waals surface area contributed by atoms with E-state index in [0.29, 0.717) is 24.0 Å². The van der Waals surface area contributed by atoms with Gasteiger partial charge < -0.3 is 9.47 Å². The Morgan fingerprint density at radius 1 is 1.12 bits per heavy atom. The van der Waals surface area contributed by atoms with E-state index in [1.165, 1.54) is 0 Å². The molecule has 0 N–H and O–H groups in total. The van der Waals surface area contributed by atoms with Crippen LogP contribution in [-0.4, -0.2) is 40.8 Å². The first-order valence-electron chi connectivity index (χ1n) is 8.30. The molecule has 0 amide bonds. The van der Waals surface area contributed by atoms with Crippen molar-refractivity contribution < 1.29 is 9.47 Å². The van der Waals surface area contributed by atoms with Crippen molar-refractivity contribution in [3.05, 3.63) is 53.6 Å². The van der Waals surface area contributed by atoms with Gasteiger partial charge in [0.05, 0.1) is 24.4 Å². The van der Waals surface area contributed by atoms with E-state index in [-0.39, 0.29) is 0 Å². The van der Waals surface area contributed by atoms with Gasteiger partial charge in [0.2, 0.25) is 0 Å². The highest BCUT2D eigenvalue weighted by molar-refractivity contribution is 7.99. The van der Waals surface area contributed by atoms with Gasteiger partial charge in [-0.05, 0) is 25.1 Å². The molecule has 0 spiro atoms. The Labute approximate surface area is 162 Å². The van der Waals surface area contributed by atoms with Crippen LogP contribution in [0.2, 0.25) is 5.02 Å². The maximum absolute atomic E-state index is 6.34. The molecular weight excluding hydrogens is 370 g/mol. The Balaban J connectivity index is 2.01. The van der Waals surface area contributed by atoms with Crippen molar-refractivity contribution >= 4 is 23.4 Å². The van der Waals surface area contributed by atoms with Crippen molar-refractivity contribution in [1.82, 2.24) is 14.8 Å². The van der Waals surface area contributed by atoms with E-state index >= 15 is 0 Å². The molecule has 3 rings (SSSR count). The molecule has 2 aromatic carbocycles. The summed E-state index contributed by atoms with van der Waals surface area (Å²) in [5, 5.41) is 10.1. The van der Waals surface area contributed by atoms with Gasteiger partial charge in [0.1, 0.15) is 5.75 Å². The maximum atomic E-state index is 6.34. The molecule has 26 heavy (non-hydrogen) atoms. The van der Waals surface area contributed by atoms with Gasteiger partial charge in [-0.15, -0.1) is 10.2 Å². The lowest BCUT2D eigenvalue weighted by Crippen LogP contribution is -2.02. The van der Waals surface area contributed by atoms with Crippen molar-refractivity contribution in [2.45, 2.75) is 12.1 Å². The van der Waals surface area contributed by atoms with Gasteiger partial charge in [-0.3, -0.25) is 4.57 Å². The molecule has 0 aliphatic heterocycles. The average molecular weight is 390 g/mol. The highest BCUT2D eigenvalue weighted by Crippen LogP contribution is 2.32. The number of thioether (sulfide) groups is 1. The topological polar surface area (TPSA) is 49.2 Å². The molecule has 0 atom stereocenters. The summed E-state index contributed by atoms with van der Waals surface area (Å²) in [5.41, 5.74) is 1.88. The Morgan fingerprint density at radius 3 is 2.62 bits per heavy atom. The molecule has 7 heteroatoms. The van der Waals surface area contributed by atoms with Crippen LogP contribution in [0.1, 0.15) is 6.92 Å². The highest BCUT2D eigenvalue weighted by Gasteiger charge is 2.17. The number of rotatable bonds is 8. The van der Waals surface area contributed by atoms with Crippen LogP contribution in [0, 0.1) is 0 Å². The molecule has 0 unspecified atom stereocenters. The SMILES string of the molecule is CCOCCSc1nnc(-c2ccccc2)n1-c1ccc(OC)c(Cl)c1. The molecule has 0 saturated carbocycles. The lowest BCUT2D eigenvalue weighted by atomic mass is 10.2. The molecule has 0 fully saturated rings. The van der Waals surface area contributed by atoms with E-state index in [9.17, 15) is 0 Å². The van der Waals surface area contributed by atoms with Gasteiger partial charge in [0, 0.05) is 17.9 Å². The standard InChI is InChI=1S/C19H20ClN3O2S/c1-3-25-11-12-26-19-22-21-18(14-7-5-4-6-8-14)23(19)15-9-10-17(24-2)16(20)13-15/h4-10,13H,3,11-12H2,1-2H3. The summed E-state index contributed by atoms with van der Waals surface area (Å²) in [7, 11) is 1.60. The smallest absolute Gasteiger partial charge is 0.196 e. The molecule has 0 bridgehead atoms. The monoisotopic (exact) mass is 389 g/mol. The molecule has 1 heterocycles. The quantitative estimate of drug-likeness (QED) is 0.412. The minimum Gasteiger partial charge on any atom is -0.495 e. The van der Waals surface area contributed by atoms with Crippen LogP contribution in [-0.2, 0) is 4.74 Å². The normalized spacial score (nSPS) is 10.9. The number of hydrogen-bond donors (Lipinski definition) is 0. The molecule has 0 aliphatic carbocycles. The van der Waals surface area contributed by atoms with Gasteiger partial charge in [-0.1, -0.05) is 53.7 Å². The zero-order chi connectivity index (χ0) is 18.4. The molecular formula is C19H20ClN3O2S. The second kappa shape index (κ2) is 9.07. The third-order valence-corrected chi connectivity index (χ3v) is 4.91. The van der Waals surface area contributed by atoms with Gasteiger partial charge in [0.25, 0.3) is 0 Å². The minimum absolute atomic E-state index is 0.544. The van der Waals surface area contributed by atoms with Gasteiger partial charge in [0.15, 0.2) is 11.0 Å². The summed E-state index contributed by atoms with van der Waals surface area (Å²) < 4.78 is 12.7. The van der Waals surface area contributed by atoms with E-state index in [4.69, 9.17) is 21.1 Å². The largest absolute Gasteiger partial charge is 0.495 e. The molecule has 136 valence electrons. The zero-order valence-electron chi connectivity index (χ0n) is 14.7. The Hall–Kier alpha value is -2.02. The molecule has 0 radical (unpaired) electrons. The van der Waals surface area contributed by atoms with Crippen LogP contribution in [0.15, 0.2) is 53.7 Å². The van der Waals surface area contributed by atoms with Crippen molar-refractivity contribution in [1.29, 1.82) is 0 Å². The van der Waals surface area contributed by atoms with Crippen LogP contribution in [0.4, 0.5) is 0 Å². The number of benzene rings is 2. The third kappa shape index (κ3) is 4.20. The fraction of sp³-hybridized carbons (Fsp3) is 0.263. The van der Waals surface area contributed by atoms with Gasteiger partial charge in [-0.25, -0.2) is 0 Å². The van der Waals surface area contributed by atoms with Crippen LogP contribution in [0.3, 0.4) is 0 Å². The number of hydrogen-bond acceptors (Lipinski definition) is 5. The molecule has 1 aromatic heterocycles. The number of ether oxygens (including phenoxy) is 2. The fourth-order valence-electron chi connectivity index (χ4n) is 2.50. The van der Waals surface area contributed by atoms with Crippen LogP contribution in [0.25, 0.3) is 17.1 Å². The second-order valence-electron chi connectivity index (χ2n) is 5.37. The van der Waals surface area contributed by atoms with Crippen molar-refractivity contribution in [2.24, 2.45) is 0 Å². The van der Waals surface area contributed by atoms with E-state index < -0.39 is 0 Å². The first kappa shape index (κ1) is 18.8. The summed E-state index contributed by atoms with van der Waals surface area (Å²) in [6.45, 7) is 3.36. The zero-order valence-corrected chi connectivity index (χ0v) is 16.3.